The van der Waals surface area contributed by atoms with Crippen LogP contribution < -0.4 is 5.32 Å². The van der Waals surface area contributed by atoms with Gasteiger partial charge in [0.1, 0.15) is 11.6 Å². The largest absolute Gasteiger partial charge is 0.426 e. The Kier molecular flexibility index (Phi) is 7.61. The predicted molar refractivity (Wildman–Crippen MR) is 105 cm³/mol. The number of halogens is 1. The first-order valence-corrected chi connectivity index (χ1v) is 9.70. The maximum Gasteiger partial charge on any atom is 0.413 e. The van der Waals surface area contributed by atoms with Crippen molar-refractivity contribution in [1.29, 1.82) is 0 Å². The summed E-state index contributed by atoms with van der Waals surface area (Å²) in [7, 11) is 1.47. The summed E-state index contributed by atoms with van der Waals surface area (Å²) in [6.07, 6.45) is 1.41. The number of hydrogen-bond acceptors (Lipinski definition) is 6. The van der Waals surface area contributed by atoms with E-state index in [1.54, 1.807) is 24.3 Å². The molecular weight excluding hydrogens is 400 g/mol. The normalized spacial score (nSPS) is 19.8. The topological polar surface area (TPSA) is 102 Å². The highest BCUT2D eigenvalue weighted by molar-refractivity contribution is 6.31. The van der Waals surface area contributed by atoms with Crippen molar-refractivity contribution in [3.8, 4) is 0 Å². The summed E-state index contributed by atoms with van der Waals surface area (Å²) < 4.78 is 9.92. The Morgan fingerprint density at radius 2 is 1.93 bits per heavy atom. The second kappa shape index (κ2) is 9.73. The molecule has 2 amide bonds. The zero-order valence-corrected chi connectivity index (χ0v) is 17.5. The van der Waals surface area contributed by atoms with Crippen LogP contribution in [0.1, 0.15) is 45.1 Å². The van der Waals surface area contributed by atoms with Gasteiger partial charge in [0, 0.05) is 31.0 Å². The zero-order valence-electron chi connectivity index (χ0n) is 16.7. The quantitative estimate of drug-likeness (QED) is 0.556. The van der Waals surface area contributed by atoms with Crippen molar-refractivity contribution >= 4 is 35.4 Å². The van der Waals surface area contributed by atoms with Crippen LogP contribution in [0.25, 0.3) is 0 Å². The van der Waals surface area contributed by atoms with Crippen LogP contribution in [0.2, 0.25) is 5.02 Å². The second-order valence-electron chi connectivity index (χ2n) is 6.94. The predicted octanol–water partition coefficient (Wildman–Crippen LogP) is 2.77. The molecule has 0 aromatic heterocycles. The van der Waals surface area contributed by atoms with Gasteiger partial charge < -0.3 is 14.8 Å². The van der Waals surface area contributed by atoms with Crippen molar-refractivity contribution in [3.05, 3.63) is 34.9 Å². The molecule has 0 aliphatic heterocycles. The number of carbonyl (C=O) groups excluding carboxylic acids is 4. The molecule has 1 saturated carbocycles. The molecule has 1 fully saturated rings. The van der Waals surface area contributed by atoms with Crippen LogP contribution in [0.3, 0.4) is 0 Å². The highest BCUT2D eigenvalue weighted by atomic mass is 35.5. The Morgan fingerprint density at radius 1 is 1.24 bits per heavy atom. The average molecular weight is 425 g/mol. The van der Waals surface area contributed by atoms with Crippen LogP contribution in [-0.4, -0.2) is 48.5 Å². The van der Waals surface area contributed by atoms with E-state index in [9.17, 15) is 19.2 Å². The number of ketones is 1. The zero-order chi connectivity index (χ0) is 21.6. The maximum atomic E-state index is 13.0. The Morgan fingerprint density at radius 3 is 2.55 bits per heavy atom. The molecule has 8 nitrogen and oxygen atoms in total. The molecule has 0 radical (unpaired) electrons. The van der Waals surface area contributed by atoms with Crippen molar-refractivity contribution in [3.63, 3.8) is 0 Å². The summed E-state index contributed by atoms with van der Waals surface area (Å²) in [6.45, 7) is 2.08. The van der Waals surface area contributed by atoms with E-state index in [1.807, 2.05) is 0 Å². The third kappa shape index (κ3) is 5.06. The minimum atomic E-state index is -1.23. The Bertz CT molecular complexity index is 799. The van der Waals surface area contributed by atoms with E-state index in [-0.39, 0.29) is 11.7 Å². The number of nitrogens with zero attached hydrogens (tertiary/aromatic N) is 1. The van der Waals surface area contributed by atoms with Crippen molar-refractivity contribution in [2.24, 2.45) is 0 Å². The van der Waals surface area contributed by atoms with E-state index >= 15 is 0 Å². The van der Waals surface area contributed by atoms with E-state index in [4.69, 9.17) is 21.1 Å². The first kappa shape index (κ1) is 22.7. The number of carbonyl (C=O) groups is 4. The number of esters is 1. The molecule has 1 aliphatic rings. The minimum absolute atomic E-state index is 0.118. The Labute approximate surface area is 174 Å². The summed E-state index contributed by atoms with van der Waals surface area (Å²) in [5, 5.41) is 2.76. The molecule has 0 unspecified atom stereocenters. The van der Waals surface area contributed by atoms with Crippen LogP contribution in [-0.2, 0) is 29.4 Å². The van der Waals surface area contributed by atoms with Crippen molar-refractivity contribution in [2.45, 2.75) is 51.1 Å². The Hall–Kier alpha value is -2.61. The fraction of sp³-hybridized carbons (Fsp3) is 0.500. The van der Waals surface area contributed by atoms with Gasteiger partial charge in [0.15, 0.2) is 5.78 Å². The molecule has 2 atom stereocenters. The number of Topliss-reactive ketones (excluding diaryl/α,β-unsaturated/α-hetero) is 1. The summed E-state index contributed by atoms with van der Waals surface area (Å²) in [4.78, 5) is 49.6. The van der Waals surface area contributed by atoms with Crippen LogP contribution in [0.4, 0.5) is 4.79 Å². The molecule has 1 aromatic rings. The van der Waals surface area contributed by atoms with E-state index in [1.165, 1.54) is 25.8 Å². The number of ether oxygens (including phenoxy) is 2. The first-order chi connectivity index (χ1) is 13.7. The summed E-state index contributed by atoms with van der Waals surface area (Å²) in [5.74, 6) is -1.25. The van der Waals surface area contributed by atoms with E-state index in [0.29, 0.717) is 23.4 Å². The minimum Gasteiger partial charge on any atom is -0.426 e. The fourth-order valence-corrected chi connectivity index (χ4v) is 3.80. The summed E-state index contributed by atoms with van der Waals surface area (Å²) in [6, 6.07) is 6.03. The molecule has 0 bridgehead atoms. The lowest BCUT2D eigenvalue weighted by molar-refractivity contribution is -0.156. The number of amides is 2. The summed E-state index contributed by atoms with van der Waals surface area (Å²) in [5.41, 5.74) is -0.691. The van der Waals surface area contributed by atoms with Gasteiger partial charge in [-0.25, -0.2) is 9.59 Å². The molecule has 29 heavy (non-hydrogen) atoms. The summed E-state index contributed by atoms with van der Waals surface area (Å²) >= 11 is 6.35. The number of hydrogen-bond donors (Lipinski definition) is 1. The van der Waals surface area contributed by atoms with Crippen LogP contribution in [0, 0.1) is 0 Å². The average Bonchev–Trinajstić information content (AvgIpc) is 2.67. The van der Waals surface area contributed by atoms with Crippen molar-refractivity contribution in [1.82, 2.24) is 10.2 Å². The van der Waals surface area contributed by atoms with Gasteiger partial charge in [-0.1, -0.05) is 29.8 Å². The Balaban J connectivity index is 2.12. The van der Waals surface area contributed by atoms with Crippen LogP contribution in [0.15, 0.2) is 24.3 Å². The fourth-order valence-electron chi connectivity index (χ4n) is 3.51. The lowest BCUT2D eigenvalue weighted by Crippen LogP contribution is -2.54. The van der Waals surface area contributed by atoms with E-state index in [2.05, 4.69) is 5.32 Å². The van der Waals surface area contributed by atoms with Crippen LogP contribution in [0.5, 0.6) is 0 Å². The standard InChI is InChI=1S/C20H25ClN2O6/c1-13(22-14(2)24)18(26)28-12-29-19(27)23(3)20(11-7-6-10-17(20)25)15-8-4-5-9-16(15)21/h4-5,8-9,13H,6-7,10-12H2,1-3H3,(H,22,24)/t13-,20+/m0/s1. The van der Waals surface area contributed by atoms with Gasteiger partial charge in [0.25, 0.3) is 0 Å². The molecule has 0 saturated heterocycles. The lowest BCUT2D eigenvalue weighted by atomic mass is 9.74. The number of rotatable bonds is 6. The molecule has 1 N–H and O–H groups in total. The number of nitrogens with one attached hydrogen (secondary N) is 1. The van der Waals surface area contributed by atoms with E-state index in [0.717, 1.165) is 12.8 Å². The molecule has 2 rings (SSSR count). The van der Waals surface area contributed by atoms with E-state index < -0.39 is 30.4 Å². The monoisotopic (exact) mass is 424 g/mol. The van der Waals surface area contributed by atoms with Gasteiger partial charge in [-0.2, -0.15) is 0 Å². The smallest absolute Gasteiger partial charge is 0.413 e. The molecule has 158 valence electrons. The third-order valence-electron chi connectivity index (χ3n) is 4.98. The van der Waals surface area contributed by atoms with Gasteiger partial charge in [0.2, 0.25) is 12.7 Å². The second-order valence-corrected chi connectivity index (χ2v) is 7.35. The maximum absolute atomic E-state index is 13.0. The lowest BCUT2D eigenvalue weighted by Gasteiger charge is -2.43. The van der Waals surface area contributed by atoms with Gasteiger partial charge in [0.05, 0.1) is 0 Å². The number of benzene rings is 1. The molecule has 0 heterocycles. The molecule has 1 aliphatic carbocycles. The van der Waals surface area contributed by atoms with Crippen LogP contribution >= 0.6 is 11.6 Å². The molecule has 0 spiro atoms. The molecule has 1 aromatic carbocycles. The van der Waals surface area contributed by atoms with Gasteiger partial charge in [-0.3, -0.25) is 14.5 Å². The molecule has 9 heteroatoms. The van der Waals surface area contributed by atoms with Gasteiger partial charge in [-0.15, -0.1) is 0 Å². The van der Waals surface area contributed by atoms with Crippen molar-refractivity contribution < 1.29 is 28.7 Å². The highest BCUT2D eigenvalue weighted by Crippen LogP contribution is 2.42. The van der Waals surface area contributed by atoms with Gasteiger partial charge in [-0.05, 0) is 32.3 Å². The van der Waals surface area contributed by atoms with Gasteiger partial charge >= 0.3 is 12.1 Å². The number of likely N-dealkylation sites (N-methyl/N-ethyl adjacent to an activating group) is 1. The molecular formula is C20H25ClN2O6. The highest BCUT2D eigenvalue weighted by Gasteiger charge is 2.48. The SMILES string of the molecule is CC(=O)N[C@@H](C)C(=O)OCOC(=O)N(C)[C@@]1(c2ccccc2Cl)CCCCC1=O. The third-order valence-corrected chi connectivity index (χ3v) is 5.31. The van der Waals surface area contributed by atoms with Crippen molar-refractivity contribution in [2.75, 3.05) is 13.8 Å². The first-order valence-electron chi connectivity index (χ1n) is 9.32.